The van der Waals surface area contributed by atoms with Crippen LogP contribution in [0, 0.1) is 13.8 Å². The molecule has 1 aliphatic carbocycles. The van der Waals surface area contributed by atoms with Crippen LogP contribution in [0.5, 0.6) is 0 Å². The van der Waals surface area contributed by atoms with Gasteiger partial charge < -0.3 is 5.32 Å². The van der Waals surface area contributed by atoms with Crippen LogP contribution in [0.25, 0.3) is 0 Å². The zero-order valence-corrected chi connectivity index (χ0v) is 20.2. The Bertz CT molecular complexity index is 1160. The highest BCUT2D eigenvalue weighted by Gasteiger charge is 2.51. The van der Waals surface area contributed by atoms with Crippen LogP contribution >= 0.6 is 0 Å². The quantitative estimate of drug-likeness (QED) is 0.729. The Morgan fingerprint density at radius 1 is 1.03 bits per heavy atom. The lowest BCUT2D eigenvalue weighted by Gasteiger charge is -2.47. The molecule has 176 valence electrons. The number of amides is 2. The van der Waals surface area contributed by atoms with Gasteiger partial charge in [0.2, 0.25) is 21.8 Å². The smallest absolute Gasteiger partial charge is 0.247 e. The zero-order valence-electron chi connectivity index (χ0n) is 19.4. The number of carbonyl (C=O) groups is 2. The summed E-state index contributed by atoms with van der Waals surface area (Å²) in [7, 11) is -3.95. The highest BCUT2D eigenvalue weighted by Crippen LogP contribution is 2.34. The van der Waals surface area contributed by atoms with Gasteiger partial charge in [0.15, 0.2) is 0 Å². The Kier molecular flexibility index (Phi) is 6.33. The molecular formula is C25H31N3O4S. The summed E-state index contributed by atoms with van der Waals surface area (Å²) in [6, 6.07) is 14.0. The van der Waals surface area contributed by atoms with E-state index < -0.39 is 21.5 Å². The summed E-state index contributed by atoms with van der Waals surface area (Å²) in [6.45, 7) is 4.98. The molecule has 0 spiro atoms. The second-order valence-electron chi connectivity index (χ2n) is 9.33. The molecule has 2 amide bonds. The molecule has 33 heavy (non-hydrogen) atoms. The maximum absolute atomic E-state index is 13.6. The maximum atomic E-state index is 13.6. The molecule has 1 aliphatic heterocycles. The van der Waals surface area contributed by atoms with E-state index in [0.29, 0.717) is 5.69 Å². The highest BCUT2D eigenvalue weighted by molar-refractivity contribution is 7.89. The van der Waals surface area contributed by atoms with Crippen molar-refractivity contribution in [3.63, 3.8) is 0 Å². The lowest BCUT2D eigenvalue weighted by atomic mass is 9.93. The summed E-state index contributed by atoms with van der Waals surface area (Å²) in [4.78, 5) is 28.7. The average Bonchev–Trinajstić information content (AvgIpc) is 3.28. The normalized spacial score (nSPS) is 22.5. The van der Waals surface area contributed by atoms with Gasteiger partial charge >= 0.3 is 0 Å². The van der Waals surface area contributed by atoms with Gasteiger partial charge in [-0.05, 0) is 57.4 Å². The predicted octanol–water partition coefficient (Wildman–Crippen LogP) is 3.16. The number of nitrogens with zero attached hydrogens (tertiary/aromatic N) is 2. The van der Waals surface area contributed by atoms with E-state index in [1.807, 2.05) is 32.0 Å². The topological polar surface area (TPSA) is 86.8 Å². The number of hydrogen-bond acceptors (Lipinski definition) is 4. The second kappa shape index (κ2) is 8.91. The third-order valence-corrected chi connectivity index (χ3v) is 8.54. The van der Waals surface area contributed by atoms with Crippen molar-refractivity contribution >= 4 is 27.5 Å². The zero-order chi connectivity index (χ0) is 23.8. The van der Waals surface area contributed by atoms with Crippen molar-refractivity contribution < 1.29 is 18.0 Å². The first kappa shape index (κ1) is 23.4. The Morgan fingerprint density at radius 2 is 1.67 bits per heavy atom. The number of nitrogens with one attached hydrogen (secondary N) is 1. The first-order valence-electron chi connectivity index (χ1n) is 11.4. The van der Waals surface area contributed by atoms with E-state index in [2.05, 4.69) is 5.32 Å². The van der Waals surface area contributed by atoms with Gasteiger partial charge in [0.25, 0.3) is 0 Å². The number of piperazine rings is 1. The largest absolute Gasteiger partial charge is 0.351 e. The van der Waals surface area contributed by atoms with Crippen molar-refractivity contribution in [1.82, 2.24) is 9.62 Å². The van der Waals surface area contributed by atoms with Crippen LogP contribution in [-0.4, -0.2) is 49.2 Å². The maximum Gasteiger partial charge on any atom is 0.247 e. The minimum atomic E-state index is -3.95. The first-order valence-corrected chi connectivity index (χ1v) is 12.8. The molecule has 1 N–H and O–H groups in total. The van der Waals surface area contributed by atoms with Crippen LogP contribution < -0.4 is 10.2 Å². The monoisotopic (exact) mass is 469 g/mol. The Labute approximate surface area is 195 Å². The van der Waals surface area contributed by atoms with Gasteiger partial charge in [-0.2, -0.15) is 4.31 Å². The molecule has 2 fully saturated rings. The molecule has 0 bridgehead atoms. The minimum Gasteiger partial charge on any atom is -0.351 e. The third-order valence-electron chi connectivity index (χ3n) is 6.73. The van der Waals surface area contributed by atoms with Gasteiger partial charge in [-0.25, -0.2) is 8.42 Å². The molecule has 1 atom stereocenters. The van der Waals surface area contributed by atoms with E-state index in [1.165, 1.54) is 4.90 Å². The number of para-hydroxylation sites is 1. The van der Waals surface area contributed by atoms with E-state index >= 15 is 0 Å². The number of rotatable bonds is 5. The fraction of sp³-hybridized carbons (Fsp3) is 0.440. The number of carbonyl (C=O) groups excluding carboxylic acids is 2. The lowest BCUT2D eigenvalue weighted by molar-refractivity contribution is -0.133. The van der Waals surface area contributed by atoms with Crippen LogP contribution in [0.15, 0.2) is 53.4 Å². The Balaban J connectivity index is 1.74. The molecule has 4 rings (SSSR count). The Hall–Kier alpha value is -2.71. The summed E-state index contributed by atoms with van der Waals surface area (Å²) in [5.74, 6) is -0.745. The van der Waals surface area contributed by atoms with Gasteiger partial charge in [0.1, 0.15) is 5.54 Å². The Morgan fingerprint density at radius 3 is 2.30 bits per heavy atom. The summed E-state index contributed by atoms with van der Waals surface area (Å²) in [6.07, 6.45) is 3.89. The van der Waals surface area contributed by atoms with Crippen LogP contribution in [0.4, 0.5) is 5.69 Å². The number of aryl methyl sites for hydroxylation is 2. The predicted molar refractivity (Wildman–Crippen MR) is 127 cm³/mol. The third kappa shape index (κ3) is 4.42. The van der Waals surface area contributed by atoms with E-state index in [0.717, 1.165) is 41.1 Å². The molecule has 7 nitrogen and oxygen atoms in total. The number of benzene rings is 2. The van der Waals surface area contributed by atoms with Gasteiger partial charge in [0.05, 0.1) is 11.4 Å². The van der Waals surface area contributed by atoms with Crippen molar-refractivity contribution in [1.29, 1.82) is 0 Å². The molecule has 2 aromatic rings. The van der Waals surface area contributed by atoms with Gasteiger partial charge in [0, 0.05) is 18.3 Å². The highest BCUT2D eigenvalue weighted by atomic mass is 32.2. The summed E-state index contributed by atoms with van der Waals surface area (Å²) in [5.41, 5.74) is 1.02. The lowest BCUT2D eigenvalue weighted by Crippen LogP contribution is -2.70. The van der Waals surface area contributed by atoms with Gasteiger partial charge in [-0.3, -0.25) is 14.5 Å². The first-order chi connectivity index (χ1) is 15.6. The molecule has 8 heteroatoms. The van der Waals surface area contributed by atoms with E-state index in [9.17, 15) is 18.0 Å². The van der Waals surface area contributed by atoms with Crippen LogP contribution in [0.1, 0.15) is 43.7 Å². The fourth-order valence-electron chi connectivity index (χ4n) is 4.79. The summed E-state index contributed by atoms with van der Waals surface area (Å²) in [5, 5.41) is 3.09. The van der Waals surface area contributed by atoms with Crippen molar-refractivity contribution in [2.45, 2.75) is 62.9 Å². The second-order valence-corrected chi connectivity index (χ2v) is 11.3. The van der Waals surface area contributed by atoms with E-state index in [1.54, 1.807) is 37.3 Å². The van der Waals surface area contributed by atoms with E-state index in [4.69, 9.17) is 0 Å². The molecular weight excluding hydrogens is 438 g/mol. The van der Waals surface area contributed by atoms with Crippen LogP contribution in [-0.2, 0) is 19.6 Å². The molecule has 2 aliphatic rings. The molecule has 0 aromatic heterocycles. The van der Waals surface area contributed by atoms with Crippen LogP contribution in [0.3, 0.4) is 0 Å². The summed E-state index contributed by atoms with van der Waals surface area (Å²) >= 11 is 0. The SMILES string of the molecule is Cc1ccc(S(=O)(=O)N2CC(=O)N(c3ccccc3C)[C@@](C)(C(=O)NC3CCCC3)C2)cc1. The molecule has 1 saturated carbocycles. The van der Waals surface area contributed by atoms with E-state index in [-0.39, 0.29) is 29.9 Å². The van der Waals surface area contributed by atoms with Crippen molar-refractivity contribution in [2.75, 3.05) is 18.0 Å². The van der Waals surface area contributed by atoms with Gasteiger partial charge in [-0.15, -0.1) is 0 Å². The molecule has 0 radical (unpaired) electrons. The summed E-state index contributed by atoms with van der Waals surface area (Å²) < 4.78 is 28.0. The standard InChI is InChI=1S/C25H31N3O4S/c1-18-12-14-21(15-13-18)33(31,32)27-16-23(29)28(22-11-7-4-8-19(22)2)25(3,17-27)24(30)26-20-9-5-6-10-20/h4,7-8,11-15,20H,5-6,9-10,16-17H2,1-3H3,(H,26,30)/t25-/m1/s1. The van der Waals surface area contributed by atoms with Crippen LogP contribution in [0.2, 0.25) is 0 Å². The van der Waals surface area contributed by atoms with Gasteiger partial charge in [-0.1, -0.05) is 48.7 Å². The van der Waals surface area contributed by atoms with Crippen molar-refractivity contribution in [3.05, 3.63) is 59.7 Å². The minimum absolute atomic E-state index is 0.0484. The van der Waals surface area contributed by atoms with Crippen molar-refractivity contribution in [2.24, 2.45) is 0 Å². The number of sulfonamides is 1. The number of anilines is 1. The molecule has 2 aromatic carbocycles. The number of hydrogen-bond donors (Lipinski definition) is 1. The molecule has 0 unspecified atom stereocenters. The molecule has 1 saturated heterocycles. The molecule has 1 heterocycles. The average molecular weight is 470 g/mol. The van der Waals surface area contributed by atoms with Crippen molar-refractivity contribution in [3.8, 4) is 0 Å². The fourth-order valence-corrected chi connectivity index (χ4v) is 6.27.